The minimum Gasteiger partial charge on any atom is -0.493 e. The standard InChI is InChI=1S/C27H23N3O6/c1-3-7-20-14-19(15-23-26(31)29(27(32)28-23)21-8-5-4-6-9-21)16-24(35-2)25(20)36-17-18-10-12-22(13-11-18)30(33)34/h3-6,8-16H,1,7,17H2,2H3,(H,28,32)/b23-15+. The number of nitro groups is 1. The summed E-state index contributed by atoms with van der Waals surface area (Å²) in [6, 6.07) is 17.8. The number of imide groups is 1. The Labute approximate surface area is 207 Å². The highest BCUT2D eigenvalue weighted by atomic mass is 16.6. The molecule has 182 valence electrons. The third-order valence-corrected chi connectivity index (χ3v) is 5.47. The lowest BCUT2D eigenvalue weighted by Gasteiger charge is -2.16. The van der Waals surface area contributed by atoms with Crippen molar-refractivity contribution in [1.29, 1.82) is 0 Å². The molecule has 36 heavy (non-hydrogen) atoms. The number of nitrogens with one attached hydrogen (secondary N) is 1. The lowest BCUT2D eigenvalue weighted by atomic mass is 10.0. The Kier molecular flexibility index (Phi) is 7.10. The Morgan fingerprint density at radius 3 is 2.44 bits per heavy atom. The van der Waals surface area contributed by atoms with Crippen LogP contribution in [-0.4, -0.2) is 24.0 Å². The van der Waals surface area contributed by atoms with Gasteiger partial charge in [0.15, 0.2) is 11.5 Å². The van der Waals surface area contributed by atoms with Crippen molar-refractivity contribution in [3.63, 3.8) is 0 Å². The van der Waals surface area contributed by atoms with Gasteiger partial charge in [-0.05, 0) is 60.0 Å². The fourth-order valence-electron chi connectivity index (χ4n) is 3.77. The number of non-ortho nitro benzene ring substituents is 1. The molecule has 0 spiro atoms. The smallest absolute Gasteiger partial charge is 0.333 e. The van der Waals surface area contributed by atoms with Gasteiger partial charge in [0.2, 0.25) is 0 Å². The minimum absolute atomic E-state index is 0.000415. The van der Waals surface area contributed by atoms with Crippen molar-refractivity contribution in [3.8, 4) is 11.5 Å². The molecule has 3 amide bonds. The first-order chi connectivity index (χ1) is 17.4. The summed E-state index contributed by atoms with van der Waals surface area (Å²) in [5.41, 5.74) is 2.75. The van der Waals surface area contributed by atoms with Crippen molar-refractivity contribution in [2.45, 2.75) is 13.0 Å². The Hall–Kier alpha value is -4.92. The largest absolute Gasteiger partial charge is 0.493 e. The van der Waals surface area contributed by atoms with Crippen molar-refractivity contribution in [2.75, 3.05) is 12.0 Å². The van der Waals surface area contributed by atoms with Gasteiger partial charge >= 0.3 is 6.03 Å². The van der Waals surface area contributed by atoms with E-state index >= 15 is 0 Å². The first kappa shape index (κ1) is 24.2. The highest BCUT2D eigenvalue weighted by Gasteiger charge is 2.34. The number of anilines is 1. The number of carbonyl (C=O) groups is 2. The Morgan fingerprint density at radius 1 is 1.08 bits per heavy atom. The van der Waals surface area contributed by atoms with Crippen LogP contribution in [0, 0.1) is 10.1 Å². The van der Waals surface area contributed by atoms with Crippen molar-refractivity contribution in [2.24, 2.45) is 0 Å². The molecule has 1 aliphatic rings. The second-order valence-electron chi connectivity index (χ2n) is 7.88. The summed E-state index contributed by atoms with van der Waals surface area (Å²) >= 11 is 0. The van der Waals surface area contributed by atoms with E-state index in [0.717, 1.165) is 16.0 Å². The normalized spacial score (nSPS) is 14.0. The molecule has 3 aromatic carbocycles. The molecule has 0 aromatic heterocycles. The zero-order chi connectivity index (χ0) is 25.7. The van der Waals surface area contributed by atoms with E-state index in [-0.39, 0.29) is 18.0 Å². The zero-order valence-corrected chi connectivity index (χ0v) is 19.5. The summed E-state index contributed by atoms with van der Waals surface area (Å²) < 4.78 is 11.6. The zero-order valence-electron chi connectivity index (χ0n) is 19.5. The van der Waals surface area contributed by atoms with Gasteiger partial charge in [0.1, 0.15) is 12.3 Å². The van der Waals surface area contributed by atoms with Gasteiger partial charge in [-0.15, -0.1) is 6.58 Å². The molecule has 0 radical (unpaired) electrons. The van der Waals surface area contributed by atoms with Gasteiger partial charge in [0.05, 0.1) is 17.7 Å². The first-order valence-electron chi connectivity index (χ1n) is 11.0. The SMILES string of the molecule is C=CCc1cc(/C=C2/NC(=O)N(c3ccccc3)C2=O)cc(OC)c1OCc1ccc([N+](=O)[O-])cc1. The summed E-state index contributed by atoms with van der Waals surface area (Å²) in [6.45, 7) is 3.97. The molecule has 3 aromatic rings. The van der Waals surface area contributed by atoms with Crippen LogP contribution in [0.25, 0.3) is 6.08 Å². The Morgan fingerprint density at radius 2 is 1.81 bits per heavy atom. The van der Waals surface area contributed by atoms with Crippen molar-refractivity contribution in [3.05, 3.63) is 112 Å². The van der Waals surface area contributed by atoms with Crippen LogP contribution in [-0.2, 0) is 17.8 Å². The number of para-hydroxylation sites is 1. The van der Waals surface area contributed by atoms with Crippen molar-refractivity contribution < 1.29 is 24.0 Å². The third-order valence-electron chi connectivity index (χ3n) is 5.47. The Balaban J connectivity index is 1.61. The number of carbonyl (C=O) groups excluding carboxylic acids is 2. The molecule has 1 aliphatic heterocycles. The number of nitro benzene ring substituents is 1. The maximum absolute atomic E-state index is 12.9. The number of amides is 3. The Bertz CT molecular complexity index is 1350. The highest BCUT2D eigenvalue weighted by Crippen LogP contribution is 2.35. The molecule has 9 heteroatoms. The van der Waals surface area contributed by atoms with Crippen LogP contribution in [0.3, 0.4) is 0 Å². The number of hydrogen-bond acceptors (Lipinski definition) is 6. The molecular weight excluding hydrogens is 462 g/mol. The van der Waals surface area contributed by atoms with Crippen LogP contribution < -0.4 is 19.7 Å². The van der Waals surface area contributed by atoms with Gasteiger partial charge in [-0.1, -0.05) is 24.3 Å². The molecule has 1 heterocycles. The maximum Gasteiger partial charge on any atom is 0.333 e. The highest BCUT2D eigenvalue weighted by molar-refractivity contribution is 6.28. The number of hydrogen-bond donors (Lipinski definition) is 1. The average molecular weight is 485 g/mol. The number of urea groups is 1. The number of methoxy groups -OCH3 is 1. The average Bonchev–Trinajstić information content (AvgIpc) is 3.16. The van der Waals surface area contributed by atoms with E-state index in [4.69, 9.17) is 9.47 Å². The molecule has 0 saturated carbocycles. The molecule has 1 N–H and O–H groups in total. The van der Waals surface area contributed by atoms with Crippen molar-refractivity contribution >= 4 is 29.4 Å². The van der Waals surface area contributed by atoms with E-state index < -0.39 is 16.9 Å². The fraction of sp³-hybridized carbons (Fsp3) is 0.111. The van der Waals surface area contributed by atoms with Gasteiger partial charge in [-0.25, -0.2) is 9.69 Å². The van der Waals surface area contributed by atoms with Crippen LogP contribution in [0.1, 0.15) is 16.7 Å². The van der Waals surface area contributed by atoms with Crippen LogP contribution in [0.15, 0.2) is 85.1 Å². The van der Waals surface area contributed by atoms with Crippen LogP contribution in [0.4, 0.5) is 16.2 Å². The number of nitrogens with zero attached hydrogens (tertiary/aromatic N) is 2. The number of allylic oxidation sites excluding steroid dienone is 1. The molecule has 0 aliphatic carbocycles. The van der Waals surface area contributed by atoms with Gasteiger partial charge in [0.25, 0.3) is 11.6 Å². The van der Waals surface area contributed by atoms with Gasteiger partial charge in [0, 0.05) is 17.7 Å². The van der Waals surface area contributed by atoms with Gasteiger partial charge < -0.3 is 14.8 Å². The molecule has 0 atom stereocenters. The summed E-state index contributed by atoms with van der Waals surface area (Å²) in [5, 5.41) is 13.5. The summed E-state index contributed by atoms with van der Waals surface area (Å²) in [5.74, 6) is 0.458. The summed E-state index contributed by atoms with van der Waals surface area (Å²) in [4.78, 5) is 36.9. The predicted octanol–water partition coefficient (Wildman–Crippen LogP) is 5.01. The lowest BCUT2D eigenvalue weighted by molar-refractivity contribution is -0.384. The second-order valence-corrected chi connectivity index (χ2v) is 7.88. The molecular formula is C27H23N3O6. The van der Waals surface area contributed by atoms with E-state index in [0.29, 0.717) is 29.2 Å². The lowest BCUT2D eigenvalue weighted by Crippen LogP contribution is -2.30. The second kappa shape index (κ2) is 10.6. The molecule has 0 unspecified atom stereocenters. The number of benzene rings is 3. The number of rotatable bonds is 9. The van der Waals surface area contributed by atoms with E-state index in [1.807, 2.05) is 6.07 Å². The topological polar surface area (TPSA) is 111 Å². The van der Waals surface area contributed by atoms with E-state index in [2.05, 4.69) is 11.9 Å². The van der Waals surface area contributed by atoms with E-state index in [1.54, 1.807) is 60.7 Å². The third kappa shape index (κ3) is 5.10. The molecule has 4 rings (SSSR count). The monoisotopic (exact) mass is 485 g/mol. The van der Waals surface area contributed by atoms with Crippen molar-refractivity contribution in [1.82, 2.24) is 5.32 Å². The van der Waals surface area contributed by atoms with E-state index in [1.165, 1.54) is 19.2 Å². The maximum atomic E-state index is 12.9. The van der Waals surface area contributed by atoms with Crippen LogP contribution in [0.5, 0.6) is 11.5 Å². The molecule has 0 bridgehead atoms. The van der Waals surface area contributed by atoms with Gasteiger partial charge in [-0.2, -0.15) is 0 Å². The quantitative estimate of drug-likeness (QED) is 0.150. The first-order valence-corrected chi connectivity index (χ1v) is 11.0. The van der Waals surface area contributed by atoms with E-state index in [9.17, 15) is 19.7 Å². The molecule has 1 saturated heterocycles. The summed E-state index contributed by atoms with van der Waals surface area (Å²) in [6.07, 6.45) is 3.75. The summed E-state index contributed by atoms with van der Waals surface area (Å²) in [7, 11) is 1.50. The van der Waals surface area contributed by atoms with Gasteiger partial charge in [-0.3, -0.25) is 14.9 Å². The van der Waals surface area contributed by atoms with Crippen LogP contribution in [0.2, 0.25) is 0 Å². The molecule has 9 nitrogen and oxygen atoms in total. The van der Waals surface area contributed by atoms with Crippen LogP contribution >= 0.6 is 0 Å². The minimum atomic E-state index is -0.529. The number of ether oxygens (including phenoxy) is 2. The fourth-order valence-corrected chi connectivity index (χ4v) is 3.77. The predicted molar refractivity (Wildman–Crippen MR) is 135 cm³/mol. The molecule has 1 fully saturated rings.